The summed E-state index contributed by atoms with van der Waals surface area (Å²) in [5.74, 6) is 0.538. The van der Waals surface area contributed by atoms with Gasteiger partial charge in [0.05, 0.1) is 10.9 Å². The second-order valence-corrected chi connectivity index (χ2v) is 5.16. The maximum absolute atomic E-state index is 12.6. The van der Waals surface area contributed by atoms with E-state index in [9.17, 15) is 13.2 Å². The van der Waals surface area contributed by atoms with Crippen molar-refractivity contribution in [3.05, 3.63) is 35.4 Å². The third-order valence-corrected chi connectivity index (χ3v) is 3.65. The zero-order chi connectivity index (χ0) is 14.5. The minimum Gasteiger partial charge on any atom is -0.312 e. The number of halogens is 5. The summed E-state index contributed by atoms with van der Waals surface area (Å²) in [7, 11) is 0. The van der Waals surface area contributed by atoms with Crippen LogP contribution in [0.2, 0.25) is 0 Å². The van der Waals surface area contributed by atoms with Crippen molar-refractivity contribution < 1.29 is 13.2 Å². The molecule has 0 spiro atoms. The van der Waals surface area contributed by atoms with Gasteiger partial charge < -0.3 is 5.32 Å². The van der Waals surface area contributed by atoms with Crippen LogP contribution in [0.4, 0.5) is 13.2 Å². The smallest absolute Gasteiger partial charge is 0.312 e. The Morgan fingerprint density at radius 1 is 1.32 bits per heavy atom. The molecule has 0 aromatic heterocycles. The first-order valence-corrected chi connectivity index (χ1v) is 6.94. The lowest BCUT2D eigenvalue weighted by Gasteiger charge is -2.20. The van der Waals surface area contributed by atoms with Gasteiger partial charge in [0.1, 0.15) is 0 Å². The Hall–Kier alpha value is -0.450. The molecule has 0 aliphatic rings. The Labute approximate surface area is 121 Å². The molecular weight excluding hydrogens is 298 g/mol. The van der Waals surface area contributed by atoms with Crippen molar-refractivity contribution in [2.24, 2.45) is 0 Å². The van der Waals surface area contributed by atoms with Crippen LogP contribution in [0.25, 0.3) is 0 Å². The molecule has 108 valence electrons. The van der Waals surface area contributed by atoms with E-state index >= 15 is 0 Å². The molecule has 0 saturated carbocycles. The Morgan fingerprint density at radius 2 is 2.00 bits per heavy atom. The lowest BCUT2D eigenvalue weighted by atomic mass is 10.0. The number of hydrogen-bond acceptors (Lipinski definition) is 1. The van der Waals surface area contributed by atoms with E-state index in [-0.39, 0.29) is 6.04 Å². The Morgan fingerprint density at radius 3 is 2.58 bits per heavy atom. The van der Waals surface area contributed by atoms with Crippen LogP contribution >= 0.6 is 23.2 Å². The molecule has 1 nitrogen and oxygen atoms in total. The number of nitrogens with one attached hydrogen (secondary N) is 1. The summed E-state index contributed by atoms with van der Waals surface area (Å²) < 4.78 is 37.8. The van der Waals surface area contributed by atoms with Crippen molar-refractivity contribution in [3.63, 3.8) is 0 Å². The SMILES string of the molecule is CC(NCCCCl)C(Cl)c1cccc(C(F)(F)F)c1. The minimum absolute atomic E-state index is 0.131. The monoisotopic (exact) mass is 313 g/mol. The summed E-state index contributed by atoms with van der Waals surface area (Å²) in [6, 6.07) is 4.98. The van der Waals surface area contributed by atoms with Gasteiger partial charge in [0.15, 0.2) is 0 Å². The van der Waals surface area contributed by atoms with Crippen molar-refractivity contribution in [2.45, 2.75) is 30.9 Å². The summed E-state index contributed by atoms with van der Waals surface area (Å²) in [4.78, 5) is 0. The maximum Gasteiger partial charge on any atom is 0.416 e. The van der Waals surface area contributed by atoms with Gasteiger partial charge >= 0.3 is 6.18 Å². The first-order valence-electron chi connectivity index (χ1n) is 5.97. The molecule has 0 aliphatic carbocycles. The number of hydrogen-bond donors (Lipinski definition) is 1. The van der Waals surface area contributed by atoms with Crippen molar-refractivity contribution in [1.82, 2.24) is 5.32 Å². The van der Waals surface area contributed by atoms with Crippen LogP contribution in [0.1, 0.15) is 29.8 Å². The van der Waals surface area contributed by atoms with E-state index < -0.39 is 17.1 Å². The van der Waals surface area contributed by atoms with E-state index in [1.807, 2.05) is 6.92 Å². The fourth-order valence-corrected chi connectivity index (χ4v) is 2.03. The molecule has 2 unspecified atom stereocenters. The fourth-order valence-electron chi connectivity index (χ4n) is 1.68. The average Bonchev–Trinajstić information content (AvgIpc) is 2.37. The van der Waals surface area contributed by atoms with E-state index in [1.165, 1.54) is 6.07 Å². The normalized spacial score (nSPS) is 15.3. The molecule has 0 aliphatic heterocycles. The minimum atomic E-state index is -4.35. The standard InChI is InChI=1S/C13H16Cl2F3N/c1-9(19-7-3-6-14)12(15)10-4-2-5-11(8-10)13(16,17)18/h2,4-5,8-9,12,19H,3,6-7H2,1H3. The van der Waals surface area contributed by atoms with Gasteiger partial charge in [-0.2, -0.15) is 13.2 Å². The molecule has 0 fully saturated rings. The topological polar surface area (TPSA) is 12.0 Å². The summed E-state index contributed by atoms with van der Waals surface area (Å²) in [6.45, 7) is 2.53. The van der Waals surface area contributed by atoms with E-state index in [1.54, 1.807) is 6.07 Å². The molecule has 1 rings (SSSR count). The quantitative estimate of drug-likeness (QED) is 0.598. The third kappa shape index (κ3) is 5.21. The van der Waals surface area contributed by atoms with Gasteiger partial charge in [-0.3, -0.25) is 0 Å². The highest BCUT2D eigenvalue weighted by atomic mass is 35.5. The van der Waals surface area contributed by atoms with Gasteiger partial charge in [0, 0.05) is 11.9 Å². The van der Waals surface area contributed by atoms with Crippen molar-refractivity contribution in [2.75, 3.05) is 12.4 Å². The summed E-state index contributed by atoms with van der Waals surface area (Å²) >= 11 is 11.7. The highest BCUT2D eigenvalue weighted by Gasteiger charge is 2.31. The summed E-state index contributed by atoms with van der Waals surface area (Å²) in [6.07, 6.45) is -3.56. The molecular formula is C13H16Cl2F3N. The van der Waals surface area contributed by atoms with Crippen molar-refractivity contribution in [1.29, 1.82) is 0 Å². The van der Waals surface area contributed by atoms with Crippen molar-refractivity contribution >= 4 is 23.2 Å². The lowest BCUT2D eigenvalue weighted by Crippen LogP contribution is -2.31. The van der Waals surface area contributed by atoms with Gasteiger partial charge in [0.25, 0.3) is 0 Å². The van der Waals surface area contributed by atoms with Crippen LogP contribution < -0.4 is 5.32 Å². The average molecular weight is 314 g/mol. The van der Waals surface area contributed by atoms with Gasteiger partial charge in [-0.15, -0.1) is 23.2 Å². The number of benzene rings is 1. The zero-order valence-electron chi connectivity index (χ0n) is 10.5. The first kappa shape index (κ1) is 16.6. The van der Waals surface area contributed by atoms with Crippen LogP contribution in [0.5, 0.6) is 0 Å². The molecule has 2 atom stereocenters. The maximum atomic E-state index is 12.6. The summed E-state index contributed by atoms with van der Waals surface area (Å²) in [5.41, 5.74) is -0.217. The predicted octanol–water partition coefficient (Wildman–Crippen LogP) is 4.59. The molecule has 0 amide bonds. The van der Waals surface area contributed by atoms with E-state index in [4.69, 9.17) is 23.2 Å². The first-order chi connectivity index (χ1) is 8.86. The Bertz CT molecular complexity index is 396. The molecule has 1 aromatic carbocycles. The predicted molar refractivity (Wildman–Crippen MR) is 72.8 cm³/mol. The molecule has 0 saturated heterocycles. The molecule has 19 heavy (non-hydrogen) atoms. The molecule has 0 radical (unpaired) electrons. The van der Waals surface area contributed by atoms with E-state index in [0.717, 1.165) is 18.6 Å². The second-order valence-electron chi connectivity index (χ2n) is 4.31. The Kier molecular flexibility index (Phi) is 6.43. The molecule has 0 heterocycles. The van der Waals surface area contributed by atoms with Crippen LogP contribution in [0, 0.1) is 0 Å². The van der Waals surface area contributed by atoms with Gasteiger partial charge in [0.2, 0.25) is 0 Å². The largest absolute Gasteiger partial charge is 0.416 e. The van der Waals surface area contributed by atoms with E-state index in [2.05, 4.69) is 5.32 Å². The Balaban J connectivity index is 2.73. The van der Waals surface area contributed by atoms with E-state index in [0.29, 0.717) is 18.0 Å². The second kappa shape index (κ2) is 7.36. The number of rotatable bonds is 6. The number of alkyl halides is 5. The van der Waals surface area contributed by atoms with Crippen molar-refractivity contribution in [3.8, 4) is 0 Å². The zero-order valence-corrected chi connectivity index (χ0v) is 12.0. The van der Waals surface area contributed by atoms with Gasteiger partial charge in [-0.25, -0.2) is 0 Å². The molecule has 1 N–H and O–H groups in total. The fraction of sp³-hybridized carbons (Fsp3) is 0.538. The third-order valence-electron chi connectivity index (χ3n) is 2.75. The molecule has 1 aromatic rings. The summed E-state index contributed by atoms with van der Waals surface area (Å²) in [5, 5.41) is 2.63. The van der Waals surface area contributed by atoms with Gasteiger partial charge in [-0.1, -0.05) is 18.2 Å². The highest BCUT2D eigenvalue weighted by Crippen LogP contribution is 2.32. The van der Waals surface area contributed by atoms with Crippen LogP contribution in [-0.4, -0.2) is 18.5 Å². The van der Waals surface area contributed by atoms with Crippen LogP contribution in [-0.2, 0) is 6.18 Å². The molecule has 6 heteroatoms. The lowest BCUT2D eigenvalue weighted by molar-refractivity contribution is -0.137. The van der Waals surface area contributed by atoms with Crippen LogP contribution in [0.3, 0.4) is 0 Å². The molecule has 0 bridgehead atoms. The van der Waals surface area contributed by atoms with Crippen LogP contribution in [0.15, 0.2) is 24.3 Å². The highest BCUT2D eigenvalue weighted by molar-refractivity contribution is 6.21. The van der Waals surface area contributed by atoms with Gasteiger partial charge in [-0.05, 0) is 31.5 Å².